The number of rotatable bonds is 7. The third-order valence-electron chi connectivity index (χ3n) is 2.47. The standard InChI is InChI=1S/C8H17BN.C7H16/c1-8(2)5-3-4-6-10-7-9;1-5-6-7(2,3)4/h7-8,10H,3-6H2,1-2H3;5-6H2,1-4H3. The van der Waals surface area contributed by atoms with E-state index in [-0.39, 0.29) is 0 Å². The van der Waals surface area contributed by atoms with E-state index in [1.165, 1.54) is 38.2 Å². The van der Waals surface area contributed by atoms with Crippen LogP contribution in [0.25, 0.3) is 0 Å². The average molecular weight is 238 g/mol. The molecule has 0 aromatic carbocycles. The summed E-state index contributed by atoms with van der Waals surface area (Å²) >= 11 is 0. The Morgan fingerprint density at radius 2 is 1.76 bits per heavy atom. The van der Waals surface area contributed by atoms with Crippen molar-refractivity contribution in [3.05, 3.63) is 0 Å². The van der Waals surface area contributed by atoms with Crippen LogP contribution in [0.15, 0.2) is 0 Å². The third kappa shape index (κ3) is 25.8. The zero-order valence-electron chi connectivity index (χ0n) is 13.0. The Morgan fingerprint density at radius 1 is 1.18 bits per heavy atom. The Bertz CT molecular complexity index is 159. The number of nitrogens with one attached hydrogen (secondary N) is 1. The summed E-state index contributed by atoms with van der Waals surface area (Å²) in [6, 6.07) is 0. The van der Waals surface area contributed by atoms with E-state index in [0.717, 1.165) is 12.5 Å². The quantitative estimate of drug-likeness (QED) is 0.518. The average Bonchev–Trinajstić information content (AvgIpc) is 2.16. The van der Waals surface area contributed by atoms with E-state index in [1.54, 1.807) is 0 Å². The molecule has 0 aromatic rings. The SMILES string of the molecule is CCCC(C)(C)C.[B]=CNCCCCC(C)C. The zero-order chi connectivity index (χ0) is 13.7. The second-order valence-electron chi connectivity index (χ2n) is 6.32. The van der Waals surface area contributed by atoms with E-state index in [9.17, 15) is 0 Å². The molecule has 1 radical (unpaired) electrons. The molecule has 0 aliphatic heterocycles. The molecular weight excluding hydrogens is 205 g/mol. The van der Waals surface area contributed by atoms with Crippen molar-refractivity contribution in [2.45, 2.75) is 73.6 Å². The van der Waals surface area contributed by atoms with Crippen LogP contribution in [0.5, 0.6) is 0 Å². The molecule has 0 atom stereocenters. The summed E-state index contributed by atoms with van der Waals surface area (Å²) < 4.78 is 0. The normalized spacial score (nSPS) is 10.7. The summed E-state index contributed by atoms with van der Waals surface area (Å²) in [4.78, 5) is 0. The maximum absolute atomic E-state index is 5.13. The fourth-order valence-corrected chi connectivity index (χ4v) is 1.61. The summed E-state index contributed by atoms with van der Waals surface area (Å²) in [5.41, 5.74) is 0.550. The van der Waals surface area contributed by atoms with Gasteiger partial charge in [-0.25, -0.2) is 0 Å². The molecule has 0 fully saturated rings. The minimum absolute atomic E-state index is 0.550. The van der Waals surface area contributed by atoms with Crippen LogP contribution in [0.4, 0.5) is 0 Å². The van der Waals surface area contributed by atoms with Gasteiger partial charge in [0.1, 0.15) is 0 Å². The molecule has 0 aliphatic carbocycles. The molecular formula is C15H33BN. The molecule has 0 saturated carbocycles. The molecule has 101 valence electrons. The molecule has 0 spiro atoms. The summed E-state index contributed by atoms with van der Waals surface area (Å²) in [6.45, 7) is 14.6. The van der Waals surface area contributed by atoms with Crippen LogP contribution in [0.3, 0.4) is 0 Å². The Hall–Kier alpha value is -0.265. The van der Waals surface area contributed by atoms with Crippen LogP contribution in [0.1, 0.15) is 73.6 Å². The van der Waals surface area contributed by atoms with Crippen molar-refractivity contribution in [3.63, 3.8) is 0 Å². The molecule has 0 heterocycles. The summed E-state index contributed by atoms with van der Waals surface area (Å²) in [5.74, 6) is 0.835. The molecule has 0 rings (SSSR count). The predicted molar refractivity (Wildman–Crippen MR) is 82.9 cm³/mol. The van der Waals surface area contributed by atoms with Gasteiger partial charge in [0.05, 0.1) is 0 Å². The van der Waals surface area contributed by atoms with Crippen LogP contribution in [0.2, 0.25) is 0 Å². The van der Waals surface area contributed by atoms with Crippen LogP contribution in [0, 0.1) is 11.3 Å². The van der Waals surface area contributed by atoms with Crippen molar-refractivity contribution < 1.29 is 0 Å². The summed E-state index contributed by atoms with van der Waals surface area (Å²) in [6.07, 6.45) is 8.02. The van der Waals surface area contributed by atoms with Crippen LogP contribution >= 0.6 is 0 Å². The molecule has 0 aromatic heterocycles. The Balaban J connectivity index is 0. The fourth-order valence-electron chi connectivity index (χ4n) is 1.61. The second kappa shape index (κ2) is 12.2. The first-order valence-corrected chi connectivity index (χ1v) is 7.10. The van der Waals surface area contributed by atoms with Gasteiger partial charge < -0.3 is 0 Å². The zero-order valence-corrected chi connectivity index (χ0v) is 13.0. The van der Waals surface area contributed by atoms with Gasteiger partial charge in [-0.1, -0.05) is 34.1 Å². The first-order valence-electron chi connectivity index (χ1n) is 7.10. The van der Waals surface area contributed by atoms with E-state index in [4.69, 9.17) is 7.49 Å². The first kappa shape index (κ1) is 19.1. The predicted octanol–water partition coefficient (Wildman–Crippen LogP) is 4.16. The van der Waals surface area contributed by atoms with Crippen LogP contribution in [-0.4, -0.2) is 20.1 Å². The monoisotopic (exact) mass is 238 g/mol. The van der Waals surface area contributed by atoms with Gasteiger partial charge in [0.25, 0.3) is 0 Å². The first-order chi connectivity index (χ1) is 7.83. The molecule has 17 heavy (non-hydrogen) atoms. The second-order valence-corrected chi connectivity index (χ2v) is 6.32. The summed E-state index contributed by atoms with van der Waals surface area (Å²) in [5, 5.41) is 2.97. The van der Waals surface area contributed by atoms with Crippen LogP contribution in [-0.2, 0) is 0 Å². The molecule has 1 nitrogen and oxygen atoms in total. The topological polar surface area (TPSA) is 12.0 Å². The van der Waals surface area contributed by atoms with E-state index in [1.807, 2.05) is 0 Å². The third-order valence-corrected chi connectivity index (χ3v) is 2.47. The van der Waals surface area contributed by atoms with Gasteiger partial charge in [0, 0.05) is 0 Å². The van der Waals surface area contributed by atoms with Gasteiger partial charge in [-0.15, -0.1) is 0 Å². The van der Waals surface area contributed by atoms with E-state index in [2.05, 4.69) is 46.9 Å². The van der Waals surface area contributed by atoms with Crippen molar-refractivity contribution in [1.29, 1.82) is 0 Å². The van der Waals surface area contributed by atoms with Gasteiger partial charge in [-0.2, -0.15) is 0 Å². The Labute approximate surface area is 111 Å². The number of hydrogen-bond donors (Lipinski definition) is 1. The summed E-state index contributed by atoms with van der Waals surface area (Å²) in [7, 11) is 5.13. The molecule has 1 N–H and O–H groups in total. The van der Waals surface area contributed by atoms with Crippen molar-refractivity contribution >= 4 is 13.6 Å². The number of hydrogen-bond acceptors (Lipinski definition) is 1. The van der Waals surface area contributed by atoms with Gasteiger partial charge in [0.15, 0.2) is 0 Å². The van der Waals surface area contributed by atoms with E-state index in [0.29, 0.717) is 5.41 Å². The molecule has 0 saturated heterocycles. The van der Waals surface area contributed by atoms with Crippen molar-refractivity contribution in [3.8, 4) is 0 Å². The Kier molecular flexibility index (Phi) is 13.7. The maximum atomic E-state index is 5.13. The molecule has 2 heteroatoms. The van der Waals surface area contributed by atoms with Crippen molar-refractivity contribution in [2.24, 2.45) is 11.3 Å². The van der Waals surface area contributed by atoms with Crippen molar-refractivity contribution in [1.82, 2.24) is 5.32 Å². The molecule has 0 bridgehead atoms. The van der Waals surface area contributed by atoms with Gasteiger partial charge >= 0.3 is 64.5 Å². The van der Waals surface area contributed by atoms with E-state index >= 15 is 0 Å². The van der Waals surface area contributed by atoms with Gasteiger partial charge in [0.2, 0.25) is 0 Å². The van der Waals surface area contributed by atoms with Gasteiger partial charge in [-0.05, 0) is 11.8 Å². The van der Waals surface area contributed by atoms with Gasteiger partial charge in [-0.3, -0.25) is 0 Å². The molecule has 0 amide bonds. The Morgan fingerprint density at radius 3 is 2.06 bits per heavy atom. The van der Waals surface area contributed by atoms with Crippen LogP contribution < -0.4 is 5.32 Å². The molecule has 0 aliphatic rings. The number of unbranched alkanes of at least 4 members (excludes halogenated alkanes) is 1. The minimum atomic E-state index is 0.550. The molecule has 0 unspecified atom stereocenters. The fraction of sp³-hybridized carbons (Fsp3) is 0.933. The van der Waals surface area contributed by atoms with E-state index < -0.39 is 0 Å². The van der Waals surface area contributed by atoms with Crippen molar-refractivity contribution in [2.75, 3.05) is 6.54 Å².